The number of hydrogen-bond donors (Lipinski definition) is 0. The highest BCUT2D eigenvalue weighted by Gasteiger charge is 2.11. The van der Waals surface area contributed by atoms with E-state index in [0.717, 1.165) is 28.4 Å². The largest absolute Gasteiger partial charge is 0.497 e. The molecule has 0 radical (unpaired) electrons. The summed E-state index contributed by atoms with van der Waals surface area (Å²) in [6.45, 7) is 0. The van der Waals surface area contributed by atoms with Crippen molar-refractivity contribution in [2.24, 2.45) is 0 Å². The maximum Gasteiger partial charge on any atom is 0.137 e. The first-order chi connectivity index (χ1) is 9.31. The van der Waals surface area contributed by atoms with Crippen molar-refractivity contribution >= 4 is 5.65 Å². The third-order valence-electron chi connectivity index (χ3n) is 3.05. The van der Waals surface area contributed by atoms with Crippen LogP contribution in [0, 0.1) is 0 Å². The van der Waals surface area contributed by atoms with Gasteiger partial charge in [-0.3, -0.25) is 0 Å². The number of aromatic nitrogens is 2. The lowest BCUT2D eigenvalue weighted by atomic mass is 10.1. The third kappa shape index (κ3) is 2.01. The molecule has 19 heavy (non-hydrogen) atoms. The van der Waals surface area contributed by atoms with E-state index in [1.807, 2.05) is 53.2 Å². The second kappa shape index (κ2) is 4.65. The summed E-state index contributed by atoms with van der Waals surface area (Å²) in [5, 5.41) is 0. The van der Waals surface area contributed by atoms with E-state index in [0.29, 0.717) is 0 Å². The van der Waals surface area contributed by atoms with Gasteiger partial charge in [0.15, 0.2) is 0 Å². The van der Waals surface area contributed by atoms with Crippen LogP contribution in [0.5, 0.6) is 11.5 Å². The Hall–Kier alpha value is -2.49. The van der Waals surface area contributed by atoms with E-state index in [1.54, 1.807) is 14.2 Å². The third-order valence-corrected chi connectivity index (χ3v) is 3.05. The van der Waals surface area contributed by atoms with Crippen LogP contribution in [0.15, 0.2) is 48.8 Å². The van der Waals surface area contributed by atoms with E-state index >= 15 is 0 Å². The van der Waals surface area contributed by atoms with Crippen LogP contribution in [0.2, 0.25) is 0 Å². The molecule has 0 saturated heterocycles. The Labute approximate surface area is 111 Å². The molecule has 0 aliphatic heterocycles. The van der Waals surface area contributed by atoms with Crippen molar-refractivity contribution in [2.75, 3.05) is 14.2 Å². The van der Waals surface area contributed by atoms with Crippen LogP contribution in [-0.2, 0) is 0 Å². The fourth-order valence-electron chi connectivity index (χ4n) is 2.08. The lowest BCUT2D eigenvalue weighted by molar-refractivity contribution is 0.404. The zero-order chi connectivity index (χ0) is 13.2. The molecule has 4 heteroatoms. The SMILES string of the molecule is COc1ccc(OC)c(-c2cn3ccccc3n2)c1. The minimum atomic E-state index is 0.782. The molecule has 0 fully saturated rings. The van der Waals surface area contributed by atoms with Gasteiger partial charge in [0.1, 0.15) is 17.1 Å². The van der Waals surface area contributed by atoms with Crippen LogP contribution in [0.4, 0.5) is 0 Å². The van der Waals surface area contributed by atoms with Gasteiger partial charge in [-0.05, 0) is 30.3 Å². The second-order valence-electron chi connectivity index (χ2n) is 4.16. The molecule has 2 heterocycles. The summed E-state index contributed by atoms with van der Waals surface area (Å²) in [6.07, 6.45) is 3.95. The summed E-state index contributed by atoms with van der Waals surface area (Å²) in [6, 6.07) is 11.6. The number of pyridine rings is 1. The van der Waals surface area contributed by atoms with Gasteiger partial charge in [-0.1, -0.05) is 6.07 Å². The van der Waals surface area contributed by atoms with Crippen LogP contribution in [0.1, 0.15) is 0 Å². The Morgan fingerprint density at radius 3 is 2.68 bits per heavy atom. The normalized spacial score (nSPS) is 10.6. The van der Waals surface area contributed by atoms with Crippen molar-refractivity contribution < 1.29 is 9.47 Å². The molecule has 4 nitrogen and oxygen atoms in total. The van der Waals surface area contributed by atoms with Gasteiger partial charge in [-0.2, -0.15) is 0 Å². The standard InChI is InChI=1S/C15H14N2O2/c1-18-11-6-7-14(19-2)12(9-11)13-10-17-8-4-3-5-15(17)16-13/h3-10H,1-2H3. The lowest BCUT2D eigenvalue weighted by Crippen LogP contribution is -1.90. The van der Waals surface area contributed by atoms with Gasteiger partial charge in [-0.15, -0.1) is 0 Å². The summed E-state index contributed by atoms with van der Waals surface area (Å²) >= 11 is 0. The van der Waals surface area contributed by atoms with Crippen LogP contribution in [0.25, 0.3) is 16.9 Å². The molecule has 3 rings (SSSR count). The first kappa shape index (κ1) is 11.6. The molecular weight excluding hydrogens is 240 g/mol. The van der Waals surface area contributed by atoms with Gasteiger partial charge in [0.2, 0.25) is 0 Å². The van der Waals surface area contributed by atoms with E-state index in [2.05, 4.69) is 4.98 Å². The van der Waals surface area contributed by atoms with Crippen LogP contribution >= 0.6 is 0 Å². The molecule has 0 saturated carbocycles. The number of hydrogen-bond acceptors (Lipinski definition) is 3. The quantitative estimate of drug-likeness (QED) is 0.720. The molecule has 0 atom stereocenters. The summed E-state index contributed by atoms with van der Waals surface area (Å²) in [4.78, 5) is 4.59. The molecule has 0 aliphatic carbocycles. The Kier molecular flexibility index (Phi) is 2.83. The maximum atomic E-state index is 5.39. The van der Waals surface area contributed by atoms with E-state index in [-0.39, 0.29) is 0 Å². The average molecular weight is 254 g/mol. The number of fused-ring (bicyclic) bond motifs is 1. The van der Waals surface area contributed by atoms with Crippen molar-refractivity contribution in [3.8, 4) is 22.8 Å². The molecular formula is C15H14N2O2. The van der Waals surface area contributed by atoms with Gasteiger partial charge in [-0.25, -0.2) is 4.98 Å². The first-order valence-corrected chi connectivity index (χ1v) is 5.98. The van der Waals surface area contributed by atoms with Gasteiger partial charge in [0.05, 0.1) is 19.9 Å². The first-order valence-electron chi connectivity index (χ1n) is 5.98. The topological polar surface area (TPSA) is 35.8 Å². The minimum absolute atomic E-state index is 0.782. The molecule has 0 N–H and O–H groups in total. The molecule has 0 aliphatic rings. The van der Waals surface area contributed by atoms with Gasteiger partial charge in [0, 0.05) is 18.0 Å². The molecule has 96 valence electrons. The summed E-state index contributed by atoms with van der Waals surface area (Å²) in [5.41, 5.74) is 2.69. The maximum absolute atomic E-state index is 5.39. The molecule has 0 unspecified atom stereocenters. The number of nitrogens with zero attached hydrogens (tertiary/aromatic N) is 2. The Balaban J connectivity index is 2.19. The Bertz CT molecular complexity index is 686. The van der Waals surface area contributed by atoms with Crippen LogP contribution < -0.4 is 9.47 Å². The lowest BCUT2D eigenvalue weighted by Gasteiger charge is -2.08. The zero-order valence-corrected chi connectivity index (χ0v) is 10.8. The highest BCUT2D eigenvalue weighted by Crippen LogP contribution is 2.32. The minimum Gasteiger partial charge on any atom is -0.497 e. The summed E-state index contributed by atoms with van der Waals surface area (Å²) < 4.78 is 12.6. The van der Waals surface area contributed by atoms with Crippen LogP contribution in [-0.4, -0.2) is 23.6 Å². The van der Waals surface area contributed by atoms with Crippen molar-refractivity contribution in [1.29, 1.82) is 0 Å². The summed E-state index contributed by atoms with van der Waals surface area (Å²) in [5.74, 6) is 1.57. The Morgan fingerprint density at radius 2 is 1.95 bits per heavy atom. The molecule has 0 bridgehead atoms. The molecule has 3 aromatic rings. The van der Waals surface area contributed by atoms with E-state index in [4.69, 9.17) is 9.47 Å². The fraction of sp³-hybridized carbons (Fsp3) is 0.133. The van der Waals surface area contributed by atoms with Gasteiger partial charge >= 0.3 is 0 Å². The van der Waals surface area contributed by atoms with Crippen molar-refractivity contribution in [2.45, 2.75) is 0 Å². The molecule has 0 spiro atoms. The number of benzene rings is 1. The summed E-state index contributed by atoms with van der Waals surface area (Å²) in [7, 11) is 3.30. The number of ether oxygens (including phenoxy) is 2. The predicted molar refractivity (Wildman–Crippen MR) is 73.7 cm³/mol. The number of rotatable bonds is 3. The van der Waals surface area contributed by atoms with Gasteiger partial charge in [0.25, 0.3) is 0 Å². The van der Waals surface area contributed by atoms with Gasteiger partial charge < -0.3 is 13.9 Å². The smallest absolute Gasteiger partial charge is 0.137 e. The average Bonchev–Trinajstić information content (AvgIpc) is 2.90. The van der Waals surface area contributed by atoms with Crippen molar-refractivity contribution in [1.82, 2.24) is 9.38 Å². The van der Waals surface area contributed by atoms with E-state index in [9.17, 15) is 0 Å². The zero-order valence-electron chi connectivity index (χ0n) is 10.8. The molecule has 2 aromatic heterocycles. The fourth-order valence-corrected chi connectivity index (χ4v) is 2.08. The highest BCUT2D eigenvalue weighted by atomic mass is 16.5. The second-order valence-corrected chi connectivity index (χ2v) is 4.16. The monoisotopic (exact) mass is 254 g/mol. The molecule has 0 amide bonds. The Morgan fingerprint density at radius 1 is 1.05 bits per heavy atom. The number of methoxy groups -OCH3 is 2. The number of imidazole rings is 1. The molecule has 1 aromatic carbocycles. The van der Waals surface area contributed by atoms with E-state index in [1.165, 1.54) is 0 Å². The van der Waals surface area contributed by atoms with Crippen LogP contribution in [0.3, 0.4) is 0 Å². The highest BCUT2D eigenvalue weighted by molar-refractivity contribution is 5.70. The predicted octanol–water partition coefficient (Wildman–Crippen LogP) is 3.02. The van der Waals surface area contributed by atoms with Crippen molar-refractivity contribution in [3.63, 3.8) is 0 Å². The van der Waals surface area contributed by atoms with Crippen molar-refractivity contribution in [3.05, 3.63) is 48.8 Å². The van der Waals surface area contributed by atoms with E-state index < -0.39 is 0 Å².